The Morgan fingerprint density at radius 1 is 1.17 bits per heavy atom. The summed E-state index contributed by atoms with van der Waals surface area (Å²) < 4.78 is 29.4. The molecular formula is C17H16FNO4. The van der Waals surface area contributed by atoms with Crippen molar-refractivity contribution in [1.82, 2.24) is 0 Å². The van der Waals surface area contributed by atoms with Gasteiger partial charge in [0.1, 0.15) is 24.8 Å². The lowest BCUT2D eigenvalue weighted by Crippen LogP contribution is -2.30. The molecule has 0 spiro atoms. The van der Waals surface area contributed by atoms with Gasteiger partial charge in [-0.15, -0.1) is 0 Å². The molecule has 1 atom stereocenters. The maximum Gasteiger partial charge on any atom is 0.265 e. The van der Waals surface area contributed by atoms with Crippen LogP contribution in [0.15, 0.2) is 42.5 Å². The van der Waals surface area contributed by atoms with Crippen LogP contribution in [0.5, 0.6) is 17.2 Å². The van der Waals surface area contributed by atoms with Crippen LogP contribution in [0.3, 0.4) is 0 Å². The van der Waals surface area contributed by atoms with Gasteiger partial charge in [0.2, 0.25) is 0 Å². The number of nitrogens with one attached hydrogen (secondary N) is 1. The highest BCUT2D eigenvalue weighted by Crippen LogP contribution is 2.32. The van der Waals surface area contributed by atoms with Crippen molar-refractivity contribution in [2.75, 3.05) is 18.5 Å². The van der Waals surface area contributed by atoms with E-state index in [-0.39, 0.29) is 5.91 Å². The van der Waals surface area contributed by atoms with Gasteiger partial charge in [0.25, 0.3) is 5.91 Å². The summed E-state index contributed by atoms with van der Waals surface area (Å²) in [4.78, 5) is 12.2. The number of hydrogen-bond acceptors (Lipinski definition) is 4. The standard InChI is InChI=1S/C17H16FNO4/c1-11(23-14-4-2-3-12(18)9-14)17(20)19-13-5-6-15-16(10-13)22-8-7-21-15/h2-6,9-11H,7-8H2,1H3,(H,19,20)/t11-/m1/s1. The van der Waals surface area contributed by atoms with Gasteiger partial charge in [-0.2, -0.15) is 0 Å². The second kappa shape index (κ2) is 6.56. The first-order valence-corrected chi connectivity index (χ1v) is 7.24. The van der Waals surface area contributed by atoms with Crippen molar-refractivity contribution in [2.24, 2.45) is 0 Å². The molecule has 0 aromatic heterocycles. The van der Waals surface area contributed by atoms with Crippen LogP contribution in [-0.4, -0.2) is 25.2 Å². The summed E-state index contributed by atoms with van der Waals surface area (Å²) >= 11 is 0. The highest BCUT2D eigenvalue weighted by Gasteiger charge is 2.17. The number of halogens is 1. The van der Waals surface area contributed by atoms with E-state index in [9.17, 15) is 9.18 Å². The van der Waals surface area contributed by atoms with Crippen LogP contribution in [0.1, 0.15) is 6.92 Å². The lowest BCUT2D eigenvalue weighted by atomic mass is 10.2. The first kappa shape index (κ1) is 15.1. The molecule has 1 aliphatic heterocycles. The van der Waals surface area contributed by atoms with Gasteiger partial charge in [-0.1, -0.05) is 6.07 Å². The van der Waals surface area contributed by atoms with Crippen LogP contribution in [-0.2, 0) is 4.79 Å². The number of anilines is 1. The third-order valence-corrected chi connectivity index (χ3v) is 3.29. The number of fused-ring (bicyclic) bond motifs is 1. The Morgan fingerprint density at radius 2 is 1.96 bits per heavy atom. The molecule has 3 rings (SSSR count). The molecule has 0 bridgehead atoms. The molecule has 5 nitrogen and oxygen atoms in total. The molecule has 23 heavy (non-hydrogen) atoms. The van der Waals surface area contributed by atoms with Crippen molar-refractivity contribution in [3.63, 3.8) is 0 Å². The zero-order valence-corrected chi connectivity index (χ0v) is 12.5. The molecule has 0 radical (unpaired) electrons. The Hall–Kier alpha value is -2.76. The first-order chi connectivity index (χ1) is 11.1. The molecule has 0 unspecified atom stereocenters. The average Bonchev–Trinajstić information content (AvgIpc) is 2.54. The van der Waals surface area contributed by atoms with Crippen molar-refractivity contribution < 1.29 is 23.4 Å². The van der Waals surface area contributed by atoms with Crippen LogP contribution in [0.25, 0.3) is 0 Å². The van der Waals surface area contributed by atoms with Gasteiger partial charge in [-0.25, -0.2) is 4.39 Å². The fourth-order valence-corrected chi connectivity index (χ4v) is 2.16. The zero-order valence-electron chi connectivity index (χ0n) is 12.5. The van der Waals surface area contributed by atoms with Crippen molar-refractivity contribution in [3.05, 3.63) is 48.3 Å². The van der Waals surface area contributed by atoms with E-state index in [0.717, 1.165) is 0 Å². The molecule has 0 aliphatic carbocycles. The minimum atomic E-state index is -0.773. The van der Waals surface area contributed by atoms with E-state index in [1.165, 1.54) is 18.2 Å². The Balaban J connectivity index is 1.64. The topological polar surface area (TPSA) is 56.8 Å². The lowest BCUT2D eigenvalue weighted by Gasteiger charge is -2.19. The molecule has 0 saturated carbocycles. The zero-order chi connectivity index (χ0) is 16.2. The average molecular weight is 317 g/mol. The van der Waals surface area contributed by atoms with E-state index >= 15 is 0 Å². The fourth-order valence-electron chi connectivity index (χ4n) is 2.16. The van der Waals surface area contributed by atoms with E-state index in [2.05, 4.69) is 5.32 Å². The summed E-state index contributed by atoms with van der Waals surface area (Å²) in [5, 5.41) is 2.73. The number of ether oxygens (including phenoxy) is 3. The second-order valence-corrected chi connectivity index (χ2v) is 5.07. The number of carbonyl (C=O) groups excluding carboxylic acids is 1. The maximum absolute atomic E-state index is 13.1. The molecule has 0 saturated heterocycles. The van der Waals surface area contributed by atoms with Crippen molar-refractivity contribution in [1.29, 1.82) is 0 Å². The van der Waals surface area contributed by atoms with Gasteiger partial charge in [-0.05, 0) is 31.2 Å². The van der Waals surface area contributed by atoms with Crippen molar-refractivity contribution >= 4 is 11.6 Å². The summed E-state index contributed by atoms with van der Waals surface area (Å²) in [6, 6.07) is 10.8. The molecule has 1 aliphatic rings. The lowest BCUT2D eigenvalue weighted by molar-refractivity contribution is -0.122. The van der Waals surface area contributed by atoms with Gasteiger partial charge in [0.05, 0.1) is 0 Å². The maximum atomic E-state index is 13.1. The van der Waals surface area contributed by atoms with Crippen LogP contribution >= 0.6 is 0 Å². The van der Waals surface area contributed by atoms with Crippen molar-refractivity contribution in [2.45, 2.75) is 13.0 Å². The van der Waals surface area contributed by atoms with E-state index in [1.54, 1.807) is 31.2 Å². The normalized spacial score (nSPS) is 14.0. The monoisotopic (exact) mass is 317 g/mol. The van der Waals surface area contributed by atoms with Gasteiger partial charge in [0, 0.05) is 17.8 Å². The molecule has 6 heteroatoms. The van der Waals surface area contributed by atoms with E-state index in [4.69, 9.17) is 14.2 Å². The van der Waals surface area contributed by atoms with Gasteiger partial charge < -0.3 is 19.5 Å². The van der Waals surface area contributed by atoms with Crippen LogP contribution in [0.4, 0.5) is 10.1 Å². The summed E-state index contributed by atoms with van der Waals surface area (Å²) in [7, 11) is 0. The molecule has 120 valence electrons. The molecule has 2 aromatic rings. The van der Waals surface area contributed by atoms with Crippen LogP contribution < -0.4 is 19.5 Å². The number of amides is 1. The number of rotatable bonds is 4. The minimum Gasteiger partial charge on any atom is -0.486 e. The predicted octanol–water partition coefficient (Wildman–Crippen LogP) is 3.00. The summed E-state index contributed by atoms with van der Waals surface area (Å²) in [6.07, 6.45) is -0.773. The van der Waals surface area contributed by atoms with E-state index in [1.807, 2.05) is 0 Å². The SMILES string of the molecule is C[C@@H](Oc1cccc(F)c1)C(=O)Nc1ccc2c(c1)OCCO2. The number of hydrogen-bond donors (Lipinski definition) is 1. The smallest absolute Gasteiger partial charge is 0.265 e. The fraction of sp³-hybridized carbons (Fsp3) is 0.235. The molecule has 1 N–H and O–H groups in total. The van der Waals surface area contributed by atoms with E-state index < -0.39 is 11.9 Å². The Bertz CT molecular complexity index is 719. The number of carbonyl (C=O) groups is 1. The Morgan fingerprint density at radius 3 is 2.74 bits per heavy atom. The van der Waals surface area contributed by atoms with E-state index in [0.29, 0.717) is 36.1 Å². The molecular weight excluding hydrogens is 301 g/mol. The third kappa shape index (κ3) is 3.71. The quantitative estimate of drug-likeness (QED) is 0.942. The molecule has 1 heterocycles. The Labute approximate surface area is 133 Å². The molecule has 1 amide bonds. The highest BCUT2D eigenvalue weighted by atomic mass is 19.1. The molecule has 0 fully saturated rings. The summed E-state index contributed by atoms with van der Waals surface area (Å²) in [6.45, 7) is 2.58. The third-order valence-electron chi connectivity index (χ3n) is 3.29. The first-order valence-electron chi connectivity index (χ1n) is 7.24. The predicted molar refractivity (Wildman–Crippen MR) is 82.6 cm³/mol. The number of benzene rings is 2. The van der Waals surface area contributed by atoms with Gasteiger partial charge in [-0.3, -0.25) is 4.79 Å². The van der Waals surface area contributed by atoms with Crippen LogP contribution in [0, 0.1) is 5.82 Å². The second-order valence-electron chi connectivity index (χ2n) is 5.07. The van der Waals surface area contributed by atoms with Crippen LogP contribution in [0.2, 0.25) is 0 Å². The summed E-state index contributed by atoms with van der Waals surface area (Å²) in [5.41, 5.74) is 0.578. The Kier molecular flexibility index (Phi) is 4.32. The summed E-state index contributed by atoms with van der Waals surface area (Å²) in [5.74, 6) is 0.786. The largest absolute Gasteiger partial charge is 0.486 e. The van der Waals surface area contributed by atoms with Gasteiger partial charge >= 0.3 is 0 Å². The highest BCUT2D eigenvalue weighted by molar-refractivity contribution is 5.94. The minimum absolute atomic E-state index is 0.301. The van der Waals surface area contributed by atoms with Gasteiger partial charge in [0.15, 0.2) is 17.6 Å². The van der Waals surface area contributed by atoms with Crippen molar-refractivity contribution in [3.8, 4) is 17.2 Å². The molecule has 2 aromatic carbocycles.